The highest BCUT2D eigenvalue weighted by atomic mass is 16.5. The number of methoxy groups -OCH3 is 1. The summed E-state index contributed by atoms with van der Waals surface area (Å²) in [6, 6.07) is 4.67. The van der Waals surface area contributed by atoms with Gasteiger partial charge in [0, 0.05) is 0 Å². The van der Waals surface area contributed by atoms with Gasteiger partial charge in [-0.15, -0.1) is 0 Å². The summed E-state index contributed by atoms with van der Waals surface area (Å²) in [5, 5.41) is 21.4. The van der Waals surface area contributed by atoms with Gasteiger partial charge in [0.05, 0.1) is 13.3 Å². The first-order chi connectivity index (χ1) is 7.67. The number of hydrogen-bond acceptors (Lipinski definition) is 5. The number of ether oxygens (including phenoxy) is 1. The minimum absolute atomic E-state index is 0.0139. The number of aliphatic hydroxyl groups is 1. The molecule has 0 unspecified atom stereocenters. The molecule has 1 rings (SSSR count). The molecule has 0 heterocycles. The monoisotopic (exact) mass is 224 g/mol. The lowest BCUT2D eigenvalue weighted by atomic mass is 10.2. The predicted octanol–water partition coefficient (Wildman–Crippen LogP) is -0.157. The van der Waals surface area contributed by atoms with E-state index in [-0.39, 0.29) is 5.75 Å². The van der Waals surface area contributed by atoms with Crippen LogP contribution in [0.3, 0.4) is 0 Å². The molecule has 0 aliphatic rings. The molecule has 0 spiro atoms. The SMILES string of the molecule is COc1ccc(/C=N\NC(=O)CO)cc1O. The van der Waals surface area contributed by atoms with Crippen LogP contribution in [0, 0.1) is 0 Å². The van der Waals surface area contributed by atoms with Crippen LogP contribution >= 0.6 is 0 Å². The molecule has 0 fully saturated rings. The third kappa shape index (κ3) is 3.25. The minimum Gasteiger partial charge on any atom is -0.504 e. The molecule has 0 aliphatic heterocycles. The lowest BCUT2D eigenvalue weighted by molar-refractivity contribution is -0.123. The van der Waals surface area contributed by atoms with E-state index >= 15 is 0 Å². The first-order valence-corrected chi connectivity index (χ1v) is 4.47. The number of phenolic OH excluding ortho intramolecular Hbond substituents is 1. The summed E-state index contributed by atoms with van der Waals surface area (Å²) >= 11 is 0. The van der Waals surface area contributed by atoms with Gasteiger partial charge in [0.2, 0.25) is 0 Å². The summed E-state index contributed by atoms with van der Waals surface area (Å²) in [4.78, 5) is 10.6. The molecule has 16 heavy (non-hydrogen) atoms. The Hall–Kier alpha value is -2.08. The molecule has 0 atom stereocenters. The average Bonchev–Trinajstić information content (AvgIpc) is 2.29. The zero-order chi connectivity index (χ0) is 12.0. The van der Waals surface area contributed by atoms with Crippen molar-refractivity contribution < 1.29 is 19.7 Å². The van der Waals surface area contributed by atoms with Crippen molar-refractivity contribution in [1.29, 1.82) is 0 Å². The molecule has 0 aromatic heterocycles. The molecule has 0 aliphatic carbocycles. The fourth-order valence-corrected chi connectivity index (χ4v) is 1.00. The number of carbonyl (C=O) groups excluding carboxylic acids is 1. The molecule has 0 saturated heterocycles. The van der Waals surface area contributed by atoms with E-state index in [0.717, 1.165) is 0 Å². The van der Waals surface area contributed by atoms with Crippen molar-refractivity contribution in [2.75, 3.05) is 13.7 Å². The maximum Gasteiger partial charge on any atom is 0.265 e. The Bertz CT molecular complexity index is 404. The van der Waals surface area contributed by atoms with Crippen molar-refractivity contribution >= 4 is 12.1 Å². The van der Waals surface area contributed by atoms with Gasteiger partial charge >= 0.3 is 0 Å². The Morgan fingerprint density at radius 3 is 2.94 bits per heavy atom. The smallest absolute Gasteiger partial charge is 0.265 e. The van der Waals surface area contributed by atoms with E-state index in [1.807, 2.05) is 0 Å². The molecule has 6 nitrogen and oxygen atoms in total. The predicted molar refractivity (Wildman–Crippen MR) is 57.5 cm³/mol. The number of rotatable bonds is 4. The number of carbonyl (C=O) groups is 1. The molecule has 0 saturated carbocycles. The van der Waals surface area contributed by atoms with Crippen LogP contribution < -0.4 is 10.2 Å². The summed E-state index contributed by atoms with van der Waals surface area (Å²) in [5.74, 6) is -0.259. The topological polar surface area (TPSA) is 91.2 Å². The minimum atomic E-state index is -0.620. The van der Waals surface area contributed by atoms with Gasteiger partial charge in [-0.2, -0.15) is 5.10 Å². The summed E-state index contributed by atoms with van der Waals surface area (Å²) in [5.41, 5.74) is 2.69. The van der Waals surface area contributed by atoms with Crippen molar-refractivity contribution in [1.82, 2.24) is 5.43 Å². The molecule has 6 heteroatoms. The van der Waals surface area contributed by atoms with Crippen LogP contribution in [-0.2, 0) is 4.79 Å². The number of nitrogens with one attached hydrogen (secondary N) is 1. The van der Waals surface area contributed by atoms with Crippen LogP contribution in [0.5, 0.6) is 11.5 Å². The van der Waals surface area contributed by atoms with E-state index in [1.165, 1.54) is 19.4 Å². The van der Waals surface area contributed by atoms with Crippen molar-refractivity contribution in [3.63, 3.8) is 0 Å². The first-order valence-electron chi connectivity index (χ1n) is 4.47. The average molecular weight is 224 g/mol. The summed E-state index contributed by atoms with van der Waals surface area (Å²) in [7, 11) is 1.45. The van der Waals surface area contributed by atoms with E-state index in [9.17, 15) is 9.90 Å². The highest BCUT2D eigenvalue weighted by Gasteiger charge is 2.00. The molecule has 0 radical (unpaired) electrons. The van der Waals surface area contributed by atoms with Crippen LogP contribution in [0.15, 0.2) is 23.3 Å². The second kappa shape index (κ2) is 5.72. The Morgan fingerprint density at radius 2 is 2.38 bits per heavy atom. The third-order valence-corrected chi connectivity index (χ3v) is 1.75. The number of phenols is 1. The van der Waals surface area contributed by atoms with Gasteiger partial charge in [0.15, 0.2) is 11.5 Å². The van der Waals surface area contributed by atoms with Crippen molar-refractivity contribution in [3.05, 3.63) is 23.8 Å². The second-order valence-electron chi connectivity index (χ2n) is 2.88. The van der Waals surface area contributed by atoms with E-state index in [1.54, 1.807) is 12.1 Å². The van der Waals surface area contributed by atoms with E-state index in [4.69, 9.17) is 9.84 Å². The van der Waals surface area contributed by atoms with Crippen molar-refractivity contribution in [3.8, 4) is 11.5 Å². The molecule has 0 bridgehead atoms. The zero-order valence-corrected chi connectivity index (χ0v) is 8.67. The zero-order valence-electron chi connectivity index (χ0n) is 8.67. The fraction of sp³-hybridized carbons (Fsp3) is 0.200. The molecular formula is C10H12N2O4. The number of aromatic hydroxyl groups is 1. The largest absolute Gasteiger partial charge is 0.504 e. The molecular weight excluding hydrogens is 212 g/mol. The quantitative estimate of drug-likeness (QED) is 0.489. The van der Waals surface area contributed by atoms with Gasteiger partial charge in [-0.25, -0.2) is 5.43 Å². The summed E-state index contributed by atoms with van der Waals surface area (Å²) in [6.07, 6.45) is 1.34. The maximum absolute atomic E-state index is 10.6. The fourth-order valence-electron chi connectivity index (χ4n) is 1.00. The Balaban J connectivity index is 2.68. The van der Waals surface area contributed by atoms with Crippen LogP contribution in [0.1, 0.15) is 5.56 Å². The lowest BCUT2D eigenvalue weighted by Crippen LogP contribution is -2.20. The van der Waals surface area contributed by atoms with E-state index < -0.39 is 12.5 Å². The summed E-state index contributed by atoms with van der Waals surface area (Å²) in [6.45, 7) is -0.620. The molecule has 86 valence electrons. The van der Waals surface area contributed by atoms with Crippen LogP contribution in [0.4, 0.5) is 0 Å². The number of amides is 1. The summed E-state index contributed by atoms with van der Waals surface area (Å²) < 4.78 is 4.86. The number of hydrazone groups is 1. The number of hydrogen-bond donors (Lipinski definition) is 3. The van der Waals surface area contributed by atoms with Crippen LogP contribution in [-0.4, -0.2) is 36.1 Å². The van der Waals surface area contributed by atoms with Gasteiger partial charge in [-0.05, 0) is 23.8 Å². The second-order valence-corrected chi connectivity index (χ2v) is 2.88. The third-order valence-electron chi connectivity index (χ3n) is 1.75. The highest BCUT2D eigenvalue weighted by Crippen LogP contribution is 2.25. The van der Waals surface area contributed by atoms with Crippen LogP contribution in [0.2, 0.25) is 0 Å². The van der Waals surface area contributed by atoms with Crippen LogP contribution in [0.25, 0.3) is 0 Å². The molecule has 1 aromatic rings. The van der Waals surface area contributed by atoms with Gasteiger partial charge < -0.3 is 14.9 Å². The Kier molecular flexibility index (Phi) is 4.28. The van der Waals surface area contributed by atoms with Gasteiger partial charge in [0.25, 0.3) is 5.91 Å². The Morgan fingerprint density at radius 1 is 1.62 bits per heavy atom. The molecule has 3 N–H and O–H groups in total. The molecule has 1 amide bonds. The van der Waals surface area contributed by atoms with Gasteiger partial charge in [0.1, 0.15) is 6.61 Å². The standard InChI is InChI=1S/C10H12N2O4/c1-16-9-3-2-7(4-8(9)14)5-11-12-10(15)6-13/h2-5,13-14H,6H2,1H3,(H,12,15)/b11-5-. The Labute approximate surface area is 92.2 Å². The van der Waals surface area contributed by atoms with E-state index in [2.05, 4.69) is 10.5 Å². The lowest BCUT2D eigenvalue weighted by Gasteiger charge is -2.02. The normalized spacial score (nSPS) is 10.4. The van der Waals surface area contributed by atoms with Crippen molar-refractivity contribution in [2.45, 2.75) is 0 Å². The van der Waals surface area contributed by atoms with Crippen molar-refractivity contribution in [2.24, 2.45) is 5.10 Å². The van der Waals surface area contributed by atoms with E-state index in [0.29, 0.717) is 11.3 Å². The number of benzene rings is 1. The van der Waals surface area contributed by atoms with Gasteiger partial charge in [-0.3, -0.25) is 4.79 Å². The highest BCUT2D eigenvalue weighted by molar-refractivity contribution is 5.83. The number of aliphatic hydroxyl groups excluding tert-OH is 1. The maximum atomic E-state index is 10.6. The molecule has 1 aromatic carbocycles. The number of nitrogens with zero attached hydrogens (tertiary/aromatic N) is 1. The van der Waals surface area contributed by atoms with Gasteiger partial charge in [-0.1, -0.05) is 0 Å². The first kappa shape index (κ1) is 12.0.